The molecule has 0 bridgehead atoms. The maximum absolute atomic E-state index is 12.1. The second kappa shape index (κ2) is 10.7. The van der Waals surface area contributed by atoms with Crippen LogP contribution in [0.4, 0.5) is 0 Å². The molecule has 0 aliphatic carbocycles. The van der Waals surface area contributed by atoms with Gasteiger partial charge in [-0.15, -0.1) is 11.8 Å². The number of thioether (sulfide) groups is 1. The van der Waals surface area contributed by atoms with Crippen LogP contribution in [0, 0.1) is 0 Å². The highest BCUT2D eigenvalue weighted by molar-refractivity contribution is 7.99. The molecule has 2 rings (SSSR count). The van der Waals surface area contributed by atoms with Gasteiger partial charge < -0.3 is 14.8 Å². The van der Waals surface area contributed by atoms with Crippen LogP contribution in [0.2, 0.25) is 5.02 Å². The van der Waals surface area contributed by atoms with Crippen LogP contribution in [0.3, 0.4) is 0 Å². The first kappa shape index (κ1) is 20.1. The Labute approximate surface area is 162 Å². The van der Waals surface area contributed by atoms with E-state index in [1.807, 2.05) is 30.3 Å². The first-order chi connectivity index (χ1) is 12.6. The van der Waals surface area contributed by atoms with E-state index in [4.69, 9.17) is 21.1 Å². The summed E-state index contributed by atoms with van der Waals surface area (Å²) < 4.78 is 10.1. The molecule has 0 saturated carbocycles. The largest absolute Gasteiger partial charge is 0.496 e. The van der Waals surface area contributed by atoms with E-state index in [9.17, 15) is 9.59 Å². The van der Waals surface area contributed by atoms with Gasteiger partial charge in [-0.05, 0) is 42.5 Å². The minimum absolute atomic E-state index is 0.187. The lowest BCUT2D eigenvalue weighted by Crippen LogP contribution is -2.29. The van der Waals surface area contributed by atoms with Crippen LogP contribution in [0.15, 0.2) is 53.4 Å². The summed E-state index contributed by atoms with van der Waals surface area (Å²) in [6, 6.07) is 14.7. The minimum atomic E-state index is -0.654. The van der Waals surface area contributed by atoms with Gasteiger partial charge in [-0.1, -0.05) is 29.8 Å². The summed E-state index contributed by atoms with van der Waals surface area (Å²) >= 11 is 7.61. The molecule has 0 atom stereocenters. The number of ether oxygens (including phenoxy) is 2. The maximum Gasteiger partial charge on any atom is 0.342 e. The normalized spacial score (nSPS) is 10.2. The summed E-state index contributed by atoms with van der Waals surface area (Å²) in [5.41, 5.74) is 0.187. The number of benzene rings is 2. The number of methoxy groups -OCH3 is 1. The lowest BCUT2D eigenvalue weighted by atomic mass is 10.2. The molecule has 0 aliphatic heterocycles. The van der Waals surface area contributed by atoms with E-state index in [2.05, 4.69) is 5.32 Å². The van der Waals surface area contributed by atoms with E-state index in [1.54, 1.807) is 23.9 Å². The lowest BCUT2D eigenvalue weighted by Gasteiger charge is -2.09. The predicted molar refractivity (Wildman–Crippen MR) is 103 cm³/mol. The lowest BCUT2D eigenvalue weighted by molar-refractivity contribution is -0.124. The highest BCUT2D eigenvalue weighted by Crippen LogP contribution is 2.23. The second-order valence-corrected chi connectivity index (χ2v) is 6.89. The average Bonchev–Trinajstić information content (AvgIpc) is 2.66. The zero-order chi connectivity index (χ0) is 18.8. The van der Waals surface area contributed by atoms with Crippen LogP contribution < -0.4 is 10.1 Å². The standard InChI is InChI=1S/C19H20ClNO4S/c1-24-17-9-8-14(20)12-16(17)19(23)25-13-18(22)21-10-5-11-26-15-6-3-2-4-7-15/h2-4,6-9,12H,5,10-11,13H2,1H3,(H,21,22). The summed E-state index contributed by atoms with van der Waals surface area (Å²) in [5, 5.41) is 3.12. The second-order valence-electron chi connectivity index (χ2n) is 5.29. The molecule has 1 N–H and O–H groups in total. The maximum atomic E-state index is 12.1. The Hall–Kier alpha value is -2.18. The van der Waals surface area contributed by atoms with Crippen molar-refractivity contribution in [2.24, 2.45) is 0 Å². The minimum Gasteiger partial charge on any atom is -0.496 e. The van der Waals surface area contributed by atoms with E-state index in [-0.39, 0.29) is 18.1 Å². The van der Waals surface area contributed by atoms with Gasteiger partial charge >= 0.3 is 5.97 Å². The molecule has 0 spiro atoms. The molecule has 0 aromatic heterocycles. The molecule has 2 aromatic rings. The Kier molecular flexibility index (Phi) is 8.31. The van der Waals surface area contributed by atoms with E-state index < -0.39 is 5.97 Å². The van der Waals surface area contributed by atoms with Crippen LogP contribution in [-0.4, -0.2) is 37.9 Å². The van der Waals surface area contributed by atoms with Crippen LogP contribution in [0.25, 0.3) is 0 Å². The number of hydrogen-bond acceptors (Lipinski definition) is 5. The molecule has 7 heteroatoms. The molecular weight excluding hydrogens is 374 g/mol. The molecule has 1 amide bonds. The van der Waals surface area contributed by atoms with Crippen molar-refractivity contribution >= 4 is 35.2 Å². The quantitative estimate of drug-likeness (QED) is 0.398. The van der Waals surface area contributed by atoms with E-state index in [0.29, 0.717) is 17.3 Å². The van der Waals surface area contributed by atoms with Gasteiger partial charge in [0.05, 0.1) is 7.11 Å². The van der Waals surface area contributed by atoms with Gasteiger partial charge in [0.25, 0.3) is 5.91 Å². The fourth-order valence-corrected chi connectivity index (χ4v) is 3.15. The highest BCUT2D eigenvalue weighted by Gasteiger charge is 2.15. The van der Waals surface area contributed by atoms with Gasteiger partial charge in [-0.2, -0.15) is 0 Å². The molecule has 0 radical (unpaired) electrons. The molecule has 5 nitrogen and oxygen atoms in total. The summed E-state index contributed by atoms with van der Waals surface area (Å²) in [6.07, 6.45) is 0.821. The zero-order valence-corrected chi connectivity index (χ0v) is 15.9. The molecule has 0 heterocycles. The van der Waals surface area contributed by atoms with Crippen molar-refractivity contribution in [1.82, 2.24) is 5.32 Å². The highest BCUT2D eigenvalue weighted by atomic mass is 35.5. The monoisotopic (exact) mass is 393 g/mol. The third-order valence-corrected chi connectivity index (χ3v) is 4.70. The van der Waals surface area contributed by atoms with Crippen molar-refractivity contribution in [2.45, 2.75) is 11.3 Å². The summed E-state index contributed by atoms with van der Waals surface area (Å²) in [5.74, 6) is 0.241. The zero-order valence-electron chi connectivity index (χ0n) is 14.4. The van der Waals surface area contributed by atoms with E-state index >= 15 is 0 Å². The molecule has 0 unspecified atom stereocenters. The first-order valence-corrected chi connectivity index (χ1v) is 9.41. The molecule has 138 valence electrons. The average molecular weight is 394 g/mol. The predicted octanol–water partition coefficient (Wildman–Crippen LogP) is 3.80. The summed E-state index contributed by atoms with van der Waals surface area (Å²) in [7, 11) is 1.44. The van der Waals surface area contributed by atoms with Crippen molar-refractivity contribution in [3.05, 3.63) is 59.1 Å². The van der Waals surface area contributed by atoms with Crippen molar-refractivity contribution < 1.29 is 19.1 Å². The number of esters is 1. The summed E-state index contributed by atoms with van der Waals surface area (Å²) in [4.78, 5) is 25.0. The van der Waals surface area contributed by atoms with E-state index in [0.717, 1.165) is 12.2 Å². The molecule has 26 heavy (non-hydrogen) atoms. The van der Waals surface area contributed by atoms with Gasteiger partial charge in [0.1, 0.15) is 11.3 Å². The molecular formula is C19H20ClNO4S. The Morgan fingerprint density at radius 2 is 1.92 bits per heavy atom. The van der Waals surface area contributed by atoms with Crippen molar-refractivity contribution in [3.8, 4) is 5.75 Å². The Morgan fingerprint density at radius 3 is 2.65 bits per heavy atom. The smallest absolute Gasteiger partial charge is 0.342 e. The number of halogens is 1. The van der Waals surface area contributed by atoms with E-state index in [1.165, 1.54) is 18.1 Å². The molecule has 2 aromatic carbocycles. The molecule has 0 aliphatic rings. The number of amides is 1. The van der Waals surface area contributed by atoms with Crippen molar-refractivity contribution in [3.63, 3.8) is 0 Å². The van der Waals surface area contributed by atoms with Gasteiger partial charge in [-0.3, -0.25) is 4.79 Å². The van der Waals surface area contributed by atoms with Crippen LogP contribution >= 0.6 is 23.4 Å². The number of hydrogen-bond donors (Lipinski definition) is 1. The van der Waals surface area contributed by atoms with Crippen LogP contribution in [0.5, 0.6) is 5.75 Å². The third kappa shape index (κ3) is 6.61. The SMILES string of the molecule is COc1ccc(Cl)cc1C(=O)OCC(=O)NCCCSc1ccccc1. The Balaban J connectivity index is 1.67. The van der Waals surface area contributed by atoms with Gasteiger partial charge in [0, 0.05) is 16.5 Å². The Morgan fingerprint density at radius 1 is 1.15 bits per heavy atom. The van der Waals surface area contributed by atoms with Crippen molar-refractivity contribution in [2.75, 3.05) is 26.0 Å². The van der Waals surface area contributed by atoms with Gasteiger partial charge in [0.2, 0.25) is 0 Å². The fourth-order valence-electron chi connectivity index (χ4n) is 2.11. The number of carbonyl (C=O) groups is 2. The van der Waals surface area contributed by atoms with Gasteiger partial charge in [-0.25, -0.2) is 4.79 Å². The fraction of sp³-hybridized carbons (Fsp3) is 0.263. The molecule has 0 fully saturated rings. The third-order valence-electron chi connectivity index (χ3n) is 3.37. The number of rotatable bonds is 9. The topological polar surface area (TPSA) is 64.6 Å². The Bertz CT molecular complexity index is 740. The number of nitrogens with one attached hydrogen (secondary N) is 1. The van der Waals surface area contributed by atoms with Crippen molar-refractivity contribution in [1.29, 1.82) is 0 Å². The van der Waals surface area contributed by atoms with Crippen LogP contribution in [-0.2, 0) is 9.53 Å². The first-order valence-electron chi connectivity index (χ1n) is 8.05. The molecule has 0 saturated heterocycles. The summed E-state index contributed by atoms with van der Waals surface area (Å²) in [6.45, 7) is 0.178. The van der Waals surface area contributed by atoms with Crippen LogP contribution in [0.1, 0.15) is 16.8 Å². The number of carbonyl (C=O) groups excluding carboxylic acids is 2. The van der Waals surface area contributed by atoms with Gasteiger partial charge in [0.15, 0.2) is 6.61 Å².